The van der Waals surface area contributed by atoms with Crippen molar-refractivity contribution >= 4 is 29.3 Å². The van der Waals surface area contributed by atoms with Gasteiger partial charge in [0.25, 0.3) is 0 Å². The number of benzene rings is 2. The predicted molar refractivity (Wildman–Crippen MR) is 115 cm³/mol. The SMILES string of the molecule is Nc1ccc(/C=C/C=C2\CCC/C(=C\C=C\c3ccc(N)cc3)C2=O)cc1. The van der Waals surface area contributed by atoms with E-state index in [0.717, 1.165) is 52.9 Å². The molecule has 27 heavy (non-hydrogen) atoms. The van der Waals surface area contributed by atoms with Gasteiger partial charge in [0.05, 0.1) is 0 Å². The van der Waals surface area contributed by atoms with Gasteiger partial charge >= 0.3 is 0 Å². The van der Waals surface area contributed by atoms with E-state index < -0.39 is 0 Å². The molecule has 1 aliphatic rings. The lowest BCUT2D eigenvalue weighted by Crippen LogP contribution is -2.12. The number of anilines is 2. The van der Waals surface area contributed by atoms with E-state index in [9.17, 15) is 4.79 Å². The molecule has 0 bridgehead atoms. The lowest BCUT2D eigenvalue weighted by Gasteiger charge is -2.15. The van der Waals surface area contributed by atoms with Crippen LogP contribution in [-0.2, 0) is 4.79 Å². The number of hydrogen-bond donors (Lipinski definition) is 2. The average molecular weight is 356 g/mol. The zero-order chi connectivity index (χ0) is 19.1. The van der Waals surface area contributed by atoms with Gasteiger partial charge in [-0.1, -0.05) is 60.7 Å². The third-order valence-corrected chi connectivity index (χ3v) is 4.52. The fourth-order valence-corrected chi connectivity index (χ4v) is 2.99. The second-order valence-corrected chi connectivity index (χ2v) is 6.62. The van der Waals surface area contributed by atoms with Crippen molar-refractivity contribution in [1.82, 2.24) is 0 Å². The zero-order valence-electron chi connectivity index (χ0n) is 15.3. The summed E-state index contributed by atoms with van der Waals surface area (Å²) in [6.07, 6.45) is 14.3. The minimum atomic E-state index is 0.144. The van der Waals surface area contributed by atoms with Crippen molar-refractivity contribution in [3.05, 3.63) is 95.1 Å². The van der Waals surface area contributed by atoms with Crippen molar-refractivity contribution in [1.29, 1.82) is 0 Å². The smallest absolute Gasteiger partial charge is 0.184 e. The maximum Gasteiger partial charge on any atom is 0.184 e. The van der Waals surface area contributed by atoms with Gasteiger partial charge in [0.15, 0.2) is 5.78 Å². The summed E-state index contributed by atoms with van der Waals surface area (Å²) in [5, 5.41) is 0. The molecule has 0 aliphatic heterocycles. The highest BCUT2D eigenvalue weighted by atomic mass is 16.1. The number of carbonyl (C=O) groups excluding carboxylic acids is 1. The van der Waals surface area contributed by atoms with Gasteiger partial charge in [-0.15, -0.1) is 0 Å². The highest BCUT2D eigenvalue weighted by Crippen LogP contribution is 2.25. The molecule has 3 rings (SSSR count). The van der Waals surface area contributed by atoms with Crippen LogP contribution in [0.15, 0.2) is 84.0 Å². The van der Waals surface area contributed by atoms with Crippen LogP contribution in [0.5, 0.6) is 0 Å². The molecule has 0 amide bonds. The second kappa shape index (κ2) is 8.86. The van der Waals surface area contributed by atoms with Gasteiger partial charge in [0, 0.05) is 11.4 Å². The summed E-state index contributed by atoms with van der Waals surface area (Å²) in [4.78, 5) is 12.7. The molecule has 0 aromatic heterocycles. The summed E-state index contributed by atoms with van der Waals surface area (Å²) in [6, 6.07) is 15.3. The topological polar surface area (TPSA) is 69.1 Å². The van der Waals surface area contributed by atoms with Gasteiger partial charge in [0.2, 0.25) is 0 Å². The Balaban J connectivity index is 1.67. The molecule has 1 saturated carbocycles. The molecule has 0 radical (unpaired) electrons. The van der Waals surface area contributed by atoms with Gasteiger partial charge in [-0.25, -0.2) is 0 Å². The molecule has 4 N–H and O–H groups in total. The molecule has 0 spiro atoms. The second-order valence-electron chi connectivity index (χ2n) is 6.62. The van der Waals surface area contributed by atoms with Crippen molar-refractivity contribution in [2.24, 2.45) is 0 Å². The quantitative estimate of drug-likeness (QED) is 0.585. The van der Waals surface area contributed by atoms with Crippen molar-refractivity contribution < 1.29 is 4.79 Å². The van der Waals surface area contributed by atoms with Crippen LogP contribution in [0.25, 0.3) is 12.2 Å². The molecule has 3 heteroatoms. The van der Waals surface area contributed by atoms with Crippen LogP contribution >= 0.6 is 0 Å². The molecule has 0 heterocycles. The van der Waals surface area contributed by atoms with Crippen LogP contribution in [0.3, 0.4) is 0 Å². The van der Waals surface area contributed by atoms with Crippen LogP contribution in [0.2, 0.25) is 0 Å². The number of ketones is 1. The number of rotatable bonds is 4. The average Bonchev–Trinajstić information content (AvgIpc) is 2.67. The van der Waals surface area contributed by atoms with E-state index in [0.29, 0.717) is 0 Å². The molecular weight excluding hydrogens is 332 g/mol. The maximum absolute atomic E-state index is 12.7. The van der Waals surface area contributed by atoms with E-state index in [1.165, 1.54) is 0 Å². The summed E-state index contributed by atoms with van der Waals surface area (Å²) in [5.41, 5.74) is 16.7. The number of allylic oxidation sites excluding steroid dienone is 6. The molecule has 0 atom stereocenters. The zero-order valence-corrected chi connectivity index (χ0v) is 15.3. The normalized spacial score (nSPS) is 18.1. The van der Waals surface area contributed by atoms with Crippen molar-refractivity contribution in [2.75, 3.05) is 11.5 Å². The third-order valence-electron chi connectivity index (χ3n) is 4.52. The summed E-state index contributed by atoms with van der Waals surface area (Å²) in [5.74, 6) is 0.144. The van der Waals surface area contributed by atoms with Gasteiger partial charge < -0.3 is 11.5 Å². The van der Waals surface area contributed by atoms with Gasteiger partial charge in [0.1, 0.15) is 0 Å². The van der Waals surface area contributed by atoms with Crippen molar-refractivity contribution in [3.8, 4) is 0 Å². The Hall–Kier alpha value is -3.33. The van der Waals surface area contributed by atoms with Gasteiger partial charge in [-0.2, -0.15) is 0 Å². The van der Waals surface area contributed by atoms with Crippen LogP contribution in [0, 0.1) is 0 Å². The summed E-state index contributed by atoms with van der Waals surface area (Å²) in [7, 11) is 0. The van der Waals surface area contributed by atoms with E-state index in [1.807, 2.05) is 85.0 Å². The molecule has 0 unspecified atom stereocenters. The first-order valence-corrected chi connectivity index (χ1v) is 9.12. The first-order valence-electron chi connectivity index (χ1n) is 9.12. The van der Waals surface area contributed by atoms with Crippen LogP contribution in [0.4, 0.5) is 11.4 Å². The number of Topliss-reactive ketones (excluding diaryl/α,β-unsaturated/α-hetero) is 1. The van der Waals surface area contributed by atoms with E-state index in [-0.39, 0.29) is 5.78 Å². The highest BCUT2D eigenvalue weighted by Gasteiger charge is 2.18. The number of nitrogen functional groups attached to an aromatic ring is 2. The van der Waals surface area contributed by atoms with E-state index in [2.05, 4.69) is 0 Å². The highest BCUT2D eigenvalue weighted by molar-refractivity contribution is 6.09. The summed E-state index contributed by atoms with van der Waals surface area (Å²) in [6.45, 7) is 0. The minimum absolute atomic E-state index is 0.144. The largest absolute Gasteiger partial charge is 0.399 e. The lowest BCUT2D eigenvalue weighted by molar-refractivity contribution is -0.113. The standard InChI is InChI=1S/C24H24N2O/c25-22-14-10-18(11-15-22)4-1-6-20-8-3-9-21(24(20)27)7-2-5-19-12-16-23(26)17-13-19/h1-2,4-7,10-17H,3,8-9,25-26H2/b4-1+,5-2+,20-6+,21-7+. The summed E-state index contributed by atoms with van der Waals surface area (Å²) < 4.78 is 0. The number of hydrogen-bond acceptors (Lipinski definition) is 3. The van der Waals surface area contributed by atoms with Crippen LogP contribution in [-0.4, -0.2) is 5.78 Å². The maximum atomic E-state index is 12.7. The molecule has 136 valence electrons. The fourth-order valence-electron chi connectivity index (χ4n) is 2.99. The molecule has 3 nitrogen and oxygen atoms in total. The molecule has 1 fully saturated rings. The monoisotopic (exact) mass is 356 g/mol. The Morgan fingerprint density at radius 2 is 1.07 bits per heavy atom. The Morgan fingerprint density at radius 3 is 1.48 bits per heavy atom. The lowest BCUT2D eigenvalue weighted by atomic mass is 9.88. The molecular formula is C24H24N2O. The number of nitrogens with two attached hydrogens (primary N) is 2. The number of carbonyl (C=O) groups is 1. The third kappa shape index (κ3) is 5.32. The molecule has 0 saturated heterocycles. The van der Waals surface area contributed by atoms with Crippen LogP contribution in [0.1, 0.15) is 30.4 Å². The molecule has 1 aliphatic carbocycles. The van der Waals surface area contributed by atoms with E-state index in [4.69, 9.17) is 11.5 Å². The molecule has 2 aromatic carbocycles. The van der Waals surface area contributed by atoms with Crippen LogP contribution < -0.4 is 11.5 Å². The predicted octanol–water partition coefficient (Wildman–Crippen LogP) is 5.18. The Bertz CT molecular complexity index is 838. The minimum Gasteiger partial charge on any atom is -0.399 e. The Kier molecular flexibility index (Phi) is 6.06. The summed E-state index contributed by atoms with van der Waals surface area (Å²) >= 11 is 0. The fraction of sp³-hybridized carbons (Fsp3) is 0.125. The first kappa shape index (κ1) is 18.5. The van der Waals surface area contributed by atoms with Crippen molar-refractivity contribution in [3.63, 3.8) is 0 Å². The van der Waals surface area contributed by atoms with E-state index in [1.54, 1.807) is 0 Å². The van der Waals surface area contributed by atoms with Gasteiger partial charge in [-0.3, -0.25) is 4.79 Å². The van der Waals surface area contributed by atoms with E-state index >= 15 is 0 Å². The van der Waals surface area contributed by atoms with Crippen molar-refractivity contribution in [2.45, 2.75) is 19.3 Å². The first-order chi connectivity index (χ1) is 13.1. The Morgan fingerprint density at radius 1 is 0.667 bits per heavy atom. The Labute approximate surface area is 160 Å². The van der Waals surface area contributed by atoms with Gasteiger partial charge in [-0.05, 0) is 65.8 Å². The molecule has 2 aromatic rings.